The highest BCUT2D eigenvalue weighted by Crippen LogP contribution is 2.28. The summed E-state index contributed by atoms with van der Waals surface area (Å²) in [5, 5.41) is 4.14. The van der Waals surface area contributed by atoms with Crippen LogP contribution in [0.3, 0.4) is 0 Å². The van der Waals surface area contributed by atoms with Crippen LogP contribution < -0.4 is 0 Å². The van der Waals surface area contributed by atoms with E-state index < -0.39 is 0 Å². The van der Waals surface area contributed by atoms with Crippen molar-refractivity contribution in [1.82, 2.24) is 25.0 Å². The van der Waals surface area contributed by atoms with Crippen molar-refractivity contribution in [2.45, 2.75) is 32.2 Å². The van der Waals surface area contributed by atoms with E-state index in [2.05, 4.69) is 25.0 Å². The largest absolute Gasteiger partial charge is 0.332 e. The van der Waals surface area contributed by atoms with E-state index >= 15 is 0 Å². The predicted octanol–water partition coefficient (Wildman–Crippen LogP) is 3.35. The van der Waals surface area contributed by atoms with Crippen LogP contribution in [0.5, 0.6) is 0 Å². The smallest absolute Gasteiger partial charge is 0.278 e. The first-order valence-electron chi connectivity index (χ1n) is 8.77. The number of aryl methyl sites for hydroxylation is 1. The van der Waals surface area contributed by atoms with E-state index in [0.29, 0.717) is 11.6 Å². The first kappa shape index (κ1) is 16.8. The van der Waals surface area contributed by atoms with Crippen LogP contribution in [0.4, 0.5) is 4.39 Å². The van der Waals surface area contributed by atoms with Crippen molar-refractivity contribution in [3.8, 4) is 11.6 Å². The lowest BCUT2D eigenvalue weighted by Gasteiger charge is -2.30. The van der Waals surface area contributed by atoms with E-state index in [1.165, 1.54) is 12.1 Å². The van der Waals surface area contributed by atoms with Crippen molar-refractivity contribution in [2.75, 3.05) is 13.1 Å². The average molecular weight is 353 g/mol. The maximum atomic E-state index is 13.0. The van der Waals surface area contributed by atoms with Crippen LogP contribution in [0.15, 0.2) is 41.2 Å². The summed E-state index contributed by atoms with van der Waals surface area (Å²) >= 11 is 0. The molecule has 1 saturated heterocycles. The molecule has 1 aliphatic heterocycles. The molecule has 26 heavy (non-hydrogen) atoms. The summed E-state index contributed by atoms with van der Waals surface area (Å²) in [6, 6.07) is 6.71. The van der Waals surface area contributed by atoms with Gasteiger partial charge in [0, 0.05) is 18.7 Å². The normalized spacial score (nSPS) is 16.1. The molecule has 0 saturated carbocycles. The third-order valence-corrected chi connectivity index (χ3v) is 4.71. The molecule has 1 fully saturated rings. The van der Waals surface area contributed by atoms with E-state index in [4.69, 9.17) is 4.52 Å². The molecule has 0 atom stereocenters. The van der Waals surface area contributed by atoms with Crippen molar-refractivity contribution >= 4 is 0 Å². The Morgan fingerprint density at radius 3 is 2.58 bits per heavy atom. The van der Waals surface area contributed by atoms with Gasteiger partial charge in [-0.15, -0.1) is 0 Å². The summed E-state index contributed by atoms with van der Waals surface area (Å²) in [4.78, 5) is 15.4. The van der Waals surface area contributed by atoms with Crippen LogP contribution in [-0.4, -0.2) is 38.1 Å². The topological polar surface area (TPSA) is 67.9 Å². The third kappa shape index (κ3) is 3.77. The maximum Gasteiger partial charge on any atom is 0.278 e. The number of hydrogen-bond donors (Lipinski definition) is 0. The van der Waals surface area contributed by atoms with E-state index in [1.54, 1.807) is 12.4 Å². The van der Waals surface area contributed by atoms with Crippen molar-refractivity contribution in [3.63, 3.8) is 0 Å². The molecule has 0 spiro atoms. The fraction of sp³-hybridized carbons (Fsp3) is 0.368. The van der Waals surface area contributed by atoms with E-state index in [0.717, 1.165) is 49.6 Å². The van der Waals surface area contributed by atoms with Crippen molar-refractivity contribution < 1.29 is 8.91 Å². The summed E-state index contributed by atoms with van der Waals surface area (Å²) in [5.74, 6) is 1.25. The van der Waals surface area contributed by atoms with Gasteiger partial charge in [0.15, 0.2) is 5.82 Å². The number of aromatic nitrogens is 4. The second kappa shape index (κ2) is 7.29. The Balaban J connectivity index is 1.36. The molecule has 3 heterocycles. The molecule has 4 rings (SSSR count). The van der Waals surface area contributed by atoms with Crippen molar-refractivity contribution in [1.29, 1.82) is 0 Å². The number of piperidine rings is 1. The molecule has 3 aromatic rings. The second-order valence-electron chi connectivity index (χ2n) is 6.68. The molecule has 0 N–H and O–H groups in total. The molecule has 0 unspecified atom stereocenters. The standard InChI is InChI=1S/C19H20FN5O/c1-13-10-22-17(11-21-13)19-23-18(24-26-19)15-6-8-25(9-7-15)12-14-2-4-16(20)5-3-14/h2-5,10-11,15H,6-9,12H2,1H3. The highest BCUT2D eigenvalue weighted by atomic mass is 19.1. The fourth-order valence-corrected chi connectivity index (χ4v) is 3.21. The third-order valence-electron chi connectivity index (χ3n) is 4.71. The fourth-order valence-electron chi connectivity index (χ4n) is 3.21. The van der Waals surface area contributed by atoms with Crippen LogP contribution >= 0.6 is 0 Å². The van der Waals surface area contributed by atoms with Gasteiger partial charge in [0.25, 0.3) is 5.89 Å². The molecule has 0 radical (unpaired) electrons. The molecule has 0 bridgehead atoms. The van der Waals surface area contributed by atoms with Gasteiger partial charge in [-0.1, -0.05) is 17.3 Å². The summed E-state index contributed by atoms with van der Waals surface area (Å²) in [5.41, 5.74) is 2.58. The Bertz CT molecular complexity index is 854. The van der Waals surface area contributed by atoms with Gasteiger partial charge in [0.2, 0.25) is 0 Å². The summed E-state index contributed by atoms with van der Waals surface area (Å²) < 4.78 is 18.4. The summed E-state index contributed by atoms with van der Waals surface area (Å²) in [6.45, 7) is 4.63. The van der Waals surface area contributed by atoms with Gasteiger partial charge in [-0.05, 0) is 50.6 Å². The molecule has 7 heteroatoms. The molecule has 134 valence electrons. The van der Waals surface area contributed by atoms with Crippen molar-refractivity contribution in [2.24, 2.45) is 0 Å². The van der Waals surface area contributed by atoms with E-state index in [-0.39, 0.29) is 11.7 Å². The van der Waals surface area contributed by atoms with Gasteiger partial charge in [-0.3, -0.25) is 9.88 Å². The van der Waals surface area contributed by atoms with E-state index in [1.807, 2.05) is 19.1 Å². The van der Waals surface area contributed by atoms with E-state index in [9.17, 15) is 4.39 Å². The SMILES string of the molecule is Cc1cnc(-c2nc(C3CCN(Cc4ccc(F)cc4)CC3)no2)cn1. The minimum atomic E-state index is -0.196. The first-order chi connectivity index (χ1) is 12.7. The summed E-state index contributed by atoms with van der Waals surface area (Å²) in [6.07, 6.45) is 5.28. The lowest BCUT2D eigenvalue weighted by Crippen LogP contribution is -2.32. The first-order valence-corrected chi connectivity index (χ1v) is 8.77. The van der Waals surface area contributed by atoms with Gasteiger partial charge in [-0.2, -0.15) is 4.98 Å². The summed E-state index contributed by atoms with van der Waals surface area (Å²) in [7, 11) is 0. The molecule has 2 aromatic heterocycles. The van der Waals surface area contributed by atoms with Gasteiger partial charge < -0.3 is 4.52 Å². The van der Waals surface area contributed by atoms with Crippen LogP contribution in [0, 0.1) is 12.7 Å². The number of rotatable bonds is 4. The molecule has 0 aliphatic carbocycles. The highest BCUT2D eigenvalue weighted by Gasteiger charge is 2.25. The molecule has 1 aliphatic rings. The number of nitrogens with zero attached hydrogens (tertiary/aromatic N) is 5. The molecule has 0 amide bonds. The molecular weight excluding hydrogens is 333 g/mol. The minimum Gasteiger partial charge on any atom is -0.332 e. The lowest BCUT2D eigenvalue weighted by atomic mass is 9.96. The van der Waals surface area contributed by atoms with Gasteiger partial charge in [0.05, 0.1) is 11.9 Å². The Labute approximate surface area is 151 Å². The second-order valence-corrected chi connectivity index (χ2v) is 6.68. The number of halogens is 1. The van der Waals surface area contributed by atoms with Crippen LogP contribution in [0.2, 0.25) is 0 Å². The van der Waals surface area contributed by atoms with Crippen LogP contribution in [-0.2, 0) is 6.54 Å². The van der Waals surface area contributed by atoms with Crippen LogP contribution in [0.25, 0.3) is 11.6 Å². The lowest BCUT2D eigenvalue weighted by molar-refractivity contribution is 0.200. The Hall–Kier alpha value is -2.67. The quantitative estimate of drug-likeness (QED) is 0.716. The zero-order valence-corrected chi connectivity index (χ0v) is 14.6. The zero-order valence-electron chi connectivity index (χ0n) is 14.6. The van der Waals surface area contributed by atoms with Crippen molar-refractivity contribution in [3.05, 3.63) is 59.6 Å². The van der Waals surface area contributed by atoms with Gasteiger partial charge in [-0.25, -0.2) is 9.37 Å². The average Bonchev–Trinajstić information content (AvgIpc) is 3.15. The number of benzene rings is 1. The monoisotopic (exact) mass is 353 g/mol. The molecule has 1 aromatic carbocycles. The van der Waals surface area contributed by atoms with Crippen LogP contribution in [0.1, 0.15) is 35.8 Å². The Morgan fingerprint density at radius 1 is 1.12 bits per heavy atom. The number of likely N-dealkylation sites (tertiary alicyclic amines) is 1. The Morgan fingerprint density at radius 2 is 1.88 bits per heavy atom. The maximum absolute atomic E-state index is 13.0. The predicted molar refractivity (Wildman–Crippen MR) is 93.7 cm³/mol. The number of hydrogen-bond acceptors (Lipinski definition) is 6. The minimum absolute atomic E-state index is 0.196. The Kier molecular flexibility index (Phi) is 4.71. The van der Waals surface area contributed by atoms with Gasteiger partial charge in [0.1, 0.15) is 11.5 Å². The highest BCUT2D eigenvalue weighted by molar-refractivity contribution is 5.44. The molecule has 6 nitrogen and oxygen atoms in total. The zero-order chi connectivity index (χ0) is 17.9. The van der Waals surface area contributed by atoms with Gasteiger partial charge >= 0.3 is 0 Å². The molecular formula is C19H20FN5O.